The number of carbonyl (C=O) groups excluding carboxylic acids is 2. The molecule has 0 radical (unpaired) electrons. The average Bonchev–Trinajstić information content (AvgIpc) is 2.98. The highest BCUT2D eigenvalue weighted by molar-refractivity contribution is 5.95. The van der Waals surface area contributed by atoms with E-state index in [-0.39, 0.29) is 53.0 Å². The van der Waals surface area contributed by atoms with Crippen LogP contribution in [0.1, 0.15) is 42.6 Å². The molecule has 14 heteroatoms. The minimum absolute atomic E-state index is 0.0284. The summed E-state index contributed by atoms with van der Waals surface area (Å²) in [7, 11) is 3.14. The number of carbonyl (C=O) groups is 2. The number of halogens is 2. The number of ether oxygens (including phenoxy) is 4. The highest BCUT2D eigenvalue weighted by atomic mass is 19.1. The molecule has 4 rings (SSSR count). The van der Waals surface area contributed by atoms with Crippen molar-refractivity contribution < 1.29 is 42.4 Å². The van der Waals surface area contributed by atoms with E-state index in [1.807, 2.05) is 4.90 Å². The minimum atomic E-state index is -1.30. The van der Waals surface area contributed by atoms with Gasteiger partial charge in [0.15, 0.2) is 11.5 Å². The number of pyridine rings is 1. The second kappa shape index (κ2) is 14.2. The number of nitrogen functional groups attached to an aromatic ring is 1. The highest BCUT2D eigenvalue weighted by Crippen LogP contribution is 2.40. The number of nitrogens with one attached hydrogen (secondary N) is 1. The van der Waals surface area contributed by atoms with Crippen molar-refractivity contribution in [3.63, 3.8) is 0 Å². The van der Waals surface area contributed by atoms with Crippen LogP contribution in [0.5, 0.6) is 34.8 Å². The van der Waals surface area contributed by atoms with Crippen molar-refractivity contribution >= 4 is 17.7 Å². The summed E-state index contributed by atoms with van der Waals surface area (Å²) in [6.07, 6.45) is -0.186. The third-order valence-electron chi connectivity index (χ3n) is 6.70. The van der Waals surface area contributed by atoms with Crippen molar-refractivity contribution in [2.24, 2.45) is 5.73 Å². The van der Waals surface area contributed by atoms with Gasteiger partial charge in [0.2, 0.25) is 17.4 Å². The van der Waals surface area contributed by atoms with Gasteiger partial charge in [-0.05, 0) is 63.1 Å². The van der Waals surface area contributed by atoms with E-state index in [9.17, 15) is 14.7 Å². The van der Waals surface area contributed by atoms with E-state index in [1.165, 1.54) is 41.3 Å². The molecule has 1 aliphatic heterocycles. The van der Waals surface area contributed by atoms with E-state index in [0.29, 0.717) is 25.9 Å². The van der Waals surface area contributed by atoms with Crippen LogP contribution < -0.4 is 19.9 Å². The first-order valence-electron chi connectivity index (χ1n) is 14.1. The van der Waals surface area contributed by atoms with Gasteiger partial charge in [-0.1, -0.05) is 6.07 Å². The lowest BCUT2D eigenvalue weighted by Crippen LogP contribution is -2.41. The number of benzene rings is 2. The Hall–Kier alpha value is -4.98. The van der Waals surface area contributed by atoms with Gasteiger partial charge in [-0.25, -0.2) is 0 Å². The standard InChI is InChI=1S/C31H35F2N5O7/c1-17(2)42-24(40)16-38-12-10-20(11-13-38)43-27-25(32)29(44-21-7-5-6-19(14-21)31(41)37(3)4)36-30(26(27)33)45-23-15-18(28(34)35)8-9-22(23)39/h5-9,14-15,17,20,39H,10-13,16H2,1-4H3,(H3,34,35). The van der Waals surface area contributed by atoms with E-state index < -0.39 is 41.0 Å². The molecule has 0 aliphatic carbocycles. The predicted octanol–water partition coefficient (Wildman–Crippen LogP) is 4.43. The Balaban J connectivity index is 1.65. The molecular weight excluding hydrogens is 592 g/mol. The zero-order valence-electron chi connectivity index (χ0n) is 25.3. The third kappa shape index (κ3) is 8.35. The zero-order chi connectivity index (χ0) is 32.8. The molecule has 0 spiro atoms. The molecule has 2 heterocycles. The van der Waals surface area contributed by atoms with Gasteiger partial charge in [-0.15, -0.1) is 0 Å². The summed E-state index contributed by atoms with van der Waals surface area (Å²) in [6.45, 7) is 4.42. The van der Waals surface area contributed by atoms with Gasteiger partial charge in [0, 0.05) is 38.3 Å². The second-order valence-electron chi connectivity index (χ2n) is 10.8. The molecule has 2 aromatic carbocycles. The molecule has 1 amide bonds. The monoisotopic (exact) mass is 627 g/mol. The highest BCUT2D eigenvalue weighted by Gasteiger charge is 2.30. The van der Waals surface area contributed by atoms with Crippen LogP contribution in [-0.2, 0) is 9.53 Å². The lowest BCUT2D eigenvalue weighted by molar-refractivity contribution is -0.149. The average molecular weight is 628 g/mol. The fourth-order valence-electron chi connectivity index (χ4n) is 4.48. The molecule has 1 aliphatic rings. The van der Waals surface area contributed by atoms with Crippen LogP contribution in [-0.4, -0.2) is 83.5 Å². The van der Waals surface area contributed by atoms with Gasteiger partial charge in [0.25, 0.3) is 17.7 Å². The number of phenolic OH excluding ortho intramolecular Hbond substituents is 1. The summed E-state index contributed by atoms with van der Waals surface area (Å²) >= 11 is 0. The molecule has 1 saturated heterocycles. The van der Waals surface area contributed by atoms with Crippen LogP contribution in [0.15, 0.2) is 42.5 Å². The van der Waals surface area contributed by atoms with Gasteiger partial charge < -0.3 is 34.7 Å². The number of esters is 1. The summed E-state index contributed by atoms with van der Waals surface area (Å²) in [6, 6.07) is 9.65. The van der Waals surface area contributed by atoms with E-state index >= 15 is 8.78 Å². The van der Waals surface area contributed by atoms with Crippen LogP contribution in [0.4, 0.5) is 8.78 Å². The number of nitrogens with two attached hydrogens (primary N) is 1. The van der Waals surface area contributed by atoms with E-state index in [1.54, 1.807) is 34.0 Å². The Kier molecular flexibility index (Phi) is 10.4. The summed E-state index contributed by atoms with van der Waals surface area (Å²) < 4.78 is 53.9. The summed E-state index contributed by atoms with van der Waals surface area (Å²) in [5.41, 5.74) is 5.96. The molecule has 1 fully saturated rings. The Labute approximate surface area is 258 Å². The van der Waals surface area contributed by atoms with Crippen LogP contribution >= 0.6 is 0 Å². The first kappa shape index (κ1) is 32.9. The summed E-state index contributed by atoms with van der Waals surface area (Å²) in [5, 5.41) is 18.0. The van der Waals surface area contributed by atoms with Crippen LogP contribution in [0.25, 0.3) is 0 Å². The number of phenols is 1. The van der Waals surface area contributed by atoms with Gasteiger partial charge >= 0.3 is 5.97 Å². The normalized spacial score (nSPS) is 13.8. The molecule has 4 N–H and O–H groups in total. The molecule has 0 bridgehead atoms. The maximum atomic E-state index is 15.9. The van der Waals surface area contributed by atoms with Crippen molar-refractivity contribution in [2.75, 3.05) is 33.7 Å². The van der Waals surface area contributed by atoms with E-state index in [4.69, 9.17) is 30.1 Å². The number of hydrogen-bond donors (Lipinski definition) is 3. The number of rotatable bonds is 11. The van der Waals surface area contributed by atoms with Crippen LogP contribution in [0.2, 0.25) is 0 Å². The van der Waals surface area contributed by atoms with Gasteiger partial charge in [-0.2, -0.15) is 13.8 Å². The van der Waals surface area contributed by atoms with Crippen LogP contribution in [0.3, 0.4) is 0 Å². The number of nitrogens with zero attached hydrogens (tertiary/aromatic N) is 3. The summed E-state index contributed by atoms with van der Waals surface area (Å²) in [4.78, 5) is 31.6. The number of hydrogen-bond acceptors (Lipinski definition) is 10. The lowest BCUT2D eigenvalue weighted by atomic mass is 10.1. The summed E-state index contributed by atoms with van der Waals surface area (Å²) in [5.74, 6) is -6.61. The molecule has 12 nitrogen and oxygen atoms in total. The fraction of sp³-hybridized carbons (Fsp3) is 0.355. The second-order valence-corrected chi connectivity index (χ2v) is 10.8. The quantitative estimate of drug-likeness (QED) is 0.158. The molecule has 0 saturated carbocycles. The number of amidine groups is 1. The SMILES string of the molecule is CC(C)OC(=O)CN1CCC(Oc2c(F)c(Oc3cccc(C(=O)N(C)C)c3)nc(Oc3cc(C(=N)N)ccc3O)c2F)CC1. The molecular formula is C31H35F2N5O7. The van der Waals surface area contributed by atoms with Crippen molar-refractivity contribution in [1.82, 2.24) is 14.8 Å². The Bertz CT molecular complexity index is 1580. The maximum absolute atomic E-state index is 15.9. The van der Waals surface area contributed by atoms with Crippen molar-refractivity contribution in [1.29, 1.82) is 5.41 Å². The maximum Gasteiger partial charge on any atom is 0.320 e. The van der Waals surface area contributed by atoms with E-state index in [2.05, 4.69) is 4.98 Å². The first-order valence-corrected chi connectivity index (χ1v) is 14.1. The Morgan fingerprint density at radius 2 is 1.73 bits per heavy atom. The molecule has 3 aromatic rings. The minimum Gasteiger partial charge on any atom is -0.504 e. The van der Waals surface area contributed by atoms with Gasteiger partial charge in [0.05, 0.1) is 12.6 Å². The number of likely N-dealkylation sites (tertiary alicyclic amines) is 1. The predicted molar refractivity (Wildman–Crippen MR) is 159 cm³/mol. The molecule has 0 unspecified atom stereocenters. The zero-order valence-corrected chi connectivity index (χ0v) is 25.3. The molecule has 1 aromatic heterocycles. The van der Waals surface area contributed by atoms with Gasteiger partial charge in [-0.3, -0.25) is 19.9 Å². The van der Waals surface area contributed by atoms with Crippen LogP contribution in [0, 0.1) is 17.0 Å². The number of aromatic nitrogens is 1. The van der Waals surface area contributed by atoms with Crippen molar-refractivity contribution in [2.45, 2.75) is 38.9 Å². The topological polar surface area (TPSA) is 161 Å². The number of piperidine rings is 1. The third-order valence-corrected chi connectivity index (χ3v) is 6.70. The molecule has 0 atom stereocenters. The molecule has 240 valence electrons. The van der Waals surface area contributed by atoms with E-state index in [0.717, 1.165) is 0 Å². The Morgan fingerprint density at radius 3 is 2.36 bits per heavy atom. The van der Waals surface area contributed by atoms with Gasteiger partial charge in [0.1, 0.15) is 17.7 Å². The molecule has 45 heavy (non-hydrogen) atoms. The fourth-order valence-corrected chi connectivity index (χ4v) is 4.48. The van der Waals surface area contributed by atoms with Crippen molar-refractivity contribution in [3.8, 4) is 34.8 Å². The Morgan fingerprint density at radius 1 is 1.07 bits per heavy atom. The first-order chi connectivity index (χ1) is 21.3. The number of amides is 1. The van der Waals surface area contributed by atoms with Crippen molar-refractivity contribution in [3.05, 3.63) is 65.2 Å². The lowest BCUT2D eigenvalue weighted by Gasteiger charge is -2.31. The number of aromatic hydroxyl groups is 1. The largest absolute Gasteiger partial charge is 0.504 e. The smallest absolute Gasteiger partial charge is 0.320 e.